The van der Waals surface area contributed by atoms with Gasteiger partial charge in [-0.25, -0.2) is 9.78 Å². The second-order valence-corrected chi connectivity index (χ2v) is 9.99. The van der Waals surface area contributed by atoms with Crippen molar-refractivity contribution in [1.29, 1.82) is 0 Å². The Kier molecular flexibility index (Phi) is 6.82. The number of rotatable bonds is 7. The van der Waals surface area contributed by atoms with Crippen LogP contribution in [-0.2, 0) is 0 Å². The van der Waals surface area contributed by atoms with Crippen LogP contribution < -0.4 is 21.7 Å². The van der Waals surface area contributed by atoms with Gasteiger partial charge in [0, 0.05) is 23.5 Å². The highest BCUT2D eigenvalue weighted by Crippen LogP contribution is 2.43. The van der Waals surface area contributed by atoms with Crippen molar-refractivity contribution >= 4 is 29.5 Å². The SMILES string of the molecule is CC(C)(C)C1(NC(=O)O)CCCCC1Nc1ncc(C(N)=O)c(Nc2ccc(-c3ccno3)cc2)n1. The van der Waals surface area contributed by atoms with E-state index in [1.54, 1.807) is 12.3 Å². The van der Waals surface area contributed by atoms with E-state index in [2.05, 4.69) is 31.1 Å². The highest BCUT2D eigenvalue weighted by Gasteiger charge is 2.50. The summed E-state index contributed by atoms with van der Waals surface area (Å²) in [5.74, 6) is 0.485. The Morgan fingerprint density at radius 1 is 1.17 bits per heavy atom. The average Bonchev–Trinajstić information content (AvgIpc) is 3.35. The minimum atomic E-state index is -1.07. The van der Waals surface area contributed by atoms with E-state index in [-0.39, 0.29) is 28.8 Å². The monoisotopic (exact) mass is 493 g/mol. The van der Waals surface area contributed by atoms with Gasteiger partial charge in [0.1, 0.15) is 11.4 Å². The maximum Gasteiger partial charge on any atom is 0.405 e. The van der Waals surface area contributed by atoms with Gasteiger partial charge >= 0.3 is 6.09 Å². The summed E-state index contributed by atoms with van der Waals surface area (Å²) in [6.07, 6.45) is 5.15. The molecule has 36 heavy (non-hydrogen) atoms. The van der Waals surface area contributed by atoms with Crippen LogP contribution in [0, 0.1) is 5.41 Å². The number of primary amides is 1. The molecule has 2 unspecified atom stereocenters. The van der Waals surface area contributed by atoms with E-state index in [0.29, 0.717) is 17.9 Å². The molecule has 1 saturated carbocycles. The molecule has 0 saturated heterocycles. The maximum absolute atomic E-state index is 12.1. The largest absolute Gasteiger partial charge is 0.465 e. The Balaban J connectivity index is 1.62. The number of hydrogen-bond acceptors (Lipinski definition) is 8. The van der Waals surface area contributed by atoms with E-state index in [9.17, 15) is 14.7 Å². The van der Waals surface area contributed by atoms with Crippen LogP contribution >= 0.6 is 0 Å². The molecule has 11 nitrogen and oxygen atoms in total. The molecular weight excluding hydrogens is 462 g/mol. The lowest BCUT2D eigenvalue weighted by atomic mass is 9.63. The number of nitrogens with one attached hydrogen (secondary N) is 3. The Morgan fingerprint density at radius 2 is 1.92 bits per heavy atom. The van der Waals surface area contributed by atoms with Gasteiger partial charge in [-0.1, -0.05) is 38.8 Å². The number of carboxylic acid groups (broad SMARTS) is 1. The first-order valence-corrected chi connectivity index (χ1v) is 11.8. The second-order valence-electron chi connectivity index (χ2n) is 9.99. The van der Waals surface area contributed by atoms with Crippen LogP contribution in [0.1, 0.15) is 56.8 Å². The number of nitrogens with zero attached hydrogens (tertiary/aromatic N) is 3. The van der Waals surface area contributed by atoms with Crippen LogP contribution in [0.3, 0.4) is 0 Å². The summed E-state index contributed by atoms with van der Waals surface area (Å²) in [5, 5.41) is 22.6. The highest BCUT2D eigenvalue weighted by atomic mass is 16.5. The molecule has 4 rings (SSSR count). The zero-order chi connectivity index (χ0) is 25.9. The fraction of sp³-hybridized carbons (Fsp3) is 0.400. The zero-order valence-corrected chi connectivity index (χ0v) is 20.5. The number of nitrogens with two attached hydrogens (primary N) is 1. The Bertz CT molecular complexity index is 1220. The molecule has 1 aromatic carbocycles. The number of amides is 2. The fourth-order valence-corrected chi connectivity index (χ4v) is 4.90. The molecule has 0 bridgehead atoms. The predicted octanol–water partition coefficient (Wildman–Crippen LogP) is 4.38. The predicted molar refractivity (Wildman–Crippen MR) is 135 cm³/mol. The number of carbonyl (C=O) groups is 2. The number of aromatic nitrogens is 3. The van der Waals surface area contributed by atoms with Crippen LogP contribution in [0.5, 0.6) is 0 Å². The van der Waals surface area contributed by atoms with Crippen molar-refractivity contribution in [2.45, 2.75) is 58.0 Å². The lowest BCUT2D eigenvalue weighted by Gasteiger charge is -2.52. The second kappa shape index (κ2) is 9.84. The minimum absolute atomic E-state index is 0.134. The van der Waals surface area contributed by atoms with E-state index in [1.165, 1.54) is 6.20 Å². The van der Waals surface area contributed by atoms with Crippen molar-refractivity contribution < 1.29 is 19.2 Å². The topological polar surface area (TPSA) is 168 Å². The van der Waals surface area contributed by atoms with Gasteiger partial charge in [0.15, 0.2) is 5.76 Å². The first-order valence-electron chi connectivity index (χ1n) is 11.8. The lowest BCUT2D eigenvalue weighted by molar-refractivity contribution is 0.0719. The molecule has 2 aromatic heterocycles. The van der Waals surface area contributed by atoms with Crippen LogP contribution in [-0.4, -0.2) is 43.8 Å². The van der Waals surface area contributed by atoms with Crippen molar-refractivity contribution in [3.8, 4) is 11.3 Å². The zero-order valence-electron chi connectivity index (χ0n) is 20.5. The van der Waals surface area contributed by atoms with Gasteiger partial charge in [0.05, 0.1) is 17.8 Å². The molecule has 1 aliphatic rings. The third-order valence-electron chi connectivity index (χ3n) is 6.80. The van der Waals surface area contributed by atoms with Gasteiger partial charge in [-0.15, -0.1) is 0 Å². The van der Waals surface area contributed by atoms with Crippen LogP contribution in [0.25, 0.3) is 11.3 Å². The van der Waals surface area contributed by atoms with Crippen molar-refractivity contribution in [2.75, 3.05) is 10.6 Å². The first-order chi connectivity index (χ1) is 17.1. The van der Waals surface area contributed by atoms with Gasteiger partial charge in [0.2, 0.25) is 5.95 Å². The normalized spacial score (nSPS) is 19.9. The van der Waals surface area contributed by atoms with E-state index in [4.69, 9.17) is 10.3 Å². The molecule has 190 valence electrons. The van der Waals surface area contributed by atoms with Crippen molar-refractivity contribution in [3.05, 3.63) is 48.3 Å². The van der Waals surface area contributed by atoms with E-state index < -0.39 is 17.5 Å². The Labute approximate surface area is 208 Å². The van der Waals surface area contributed by atoms with Gasteiger partial charge < -0.3 is 31.3 Å². The van der Waals surface area contributed by atoms with Crippen molar-refractivity contribution in [1.82, 2.24) is 20.4 Å². The van der Waals surface area contributed by atoms with Gasteiger partial charge in [-0.3, -0.25) is 4.79 Å². The standard InChI is InChI=1S/C25H31N7O4/c1-24(2,3)25(32-23(34)35)12-5-4-6-19(25)30-22-27-14-17(20(26)33)21(31-22)29-16-9-7-15(8-10-16)18-11-13-28-36-18/h7-11,13-14,19,32H,4-6,12H2,1-3H3,(H2,26,33)(H,34,35)(H2,27,29,30,31). The number of hydrogen-bond donors (Lipinski definition) is 5. The van der Waals surface area contributed by atoms with Crippen molar-refractivity contribution in [2.24, 2.45) is 11.1 Å². The van der Waals surface area contributed by atoms with E-state index >= 15 is 0 Å². The van der Waals surface area contributed by atoms with Crippen LogP contribution in [0.15, 0.2) is 47.2 Å². The highest BCUT2D eigenvalue weighted by molar-refractivity contribution is 5.98. The summed E-state index contributed by atoms with van der Waals surface area (Å²) in [6.45, 7) is 6.07. The number of carbonyl (C=O) groups excluding carboxylic acids is 1. The summed E-state index contributed by atoms with van der Waals surface area (Å²) in [6, 6.07) is 8.85. The fourth-order valence-electron chi connectivity index (χ4n) is 4.90. The summed E-state index contributed by atoms with van der Waals surface area (Å²) in [7, 11) is 0. The van der Waals surface area contributed by atoms with E-state index in [1.807, 2.05) is 45.0 Å². The molecule has 2 atom stereocenters. The molecule has 0 spiro atoms. The summed E-state index contributed by atoms with van der Waals surface area (Å²) in [5.41, 5.74) is 6.13. The summed E-state index contributed by atoms with van der Waals surface area (Å²) >= 11 is 0. The van der Waals surface area contributed by atoms with Gasteiger partial charge in [0.25, 0.3) is 5.91 Å². The molecule has 0 aliphatic heterocycles. The smallest absolute Gasteiger partial charge is 0.405 e. The third-order valence-corrected chi connectivity index (χ3v) is 6.80. The molecule has 1 fully saturated rings. The molecule has 3 aromatic rings. The van der Waals surface area contributed by atoms with Crippen molar-refractivity contribution in [3.63, 3.8) is 0 Å². The Hall–Kier alpha value is -4.15. The number of benzene rings is 1. The molecule has 2 amide bonds. The Morgan fingerprint density at radius 3 is 2.53 bits per heavy atom. The van der Waals surface area contributed by atoms with Gasteiger partial charge in [-0.05, 0) is 42.5 Å². The molecule has 2 heterocycles. The molecular formula is C25H31N7O4. The van der Waals surface area contributed by atoms with Gasteiger partial charge in [-0.2, -0.15) is 4.98 Å². The number of anilines is 3. The third kappa shape index (κ3) is 5.09. The molecule has 11 heteroatoms. The quantitative estimate of drug-likeness (QED) is 0.320. The molecule has 1 aliphatic carbocycles. The van der Waals surface area contributed by atoms with E-state index in [0.717, 1.165) is 24.8 Å². The lowest BCUT2D eigenvalue weighted by Crippen LogP contribution is -2.67. The first kappa shape index (κ1) is 25.0. The molecule has 0 radical (unpaired) electrons. The molecule has 6 N–H and O–H groups in total. The van der Waals surface area contributed by atoms with Crippen LogP contribution in [0.4, 0.5) is 22.2 Å². The minimum Gasteiger partial charge on any atom is -0.465 e. The summed E-state index contributed by atoms with van der Waals surface area (Å²) < 4.78 is 5.18. The van der Waals surface area contributed by atoms with Crippen LogP contribution in [0.2, 0.25) is 0 Å². The maximum atomic E-state index is 12.1. The summed E-state index contributed by atoms with van der Waals surface area (Å²) in [4.78, 5) is 32.7. The average molecular weight is 494 g/mol.